The van der Waals surface area contributed by atoms with Crippen molar-refractivity contribution in [3.8, 4) is 0 Å². The van der Waals surface area contributed by atoms with Crippen molar-refractivity contribution < 1.29 is 12.8 Å². The highest BCUT2D eigenvalue weighted by atomic mass is 32.2. The molecule has 5 nitrogen and oxygen atoms in total. The highest BCUT2D eigenvalue weighted by molar-refractivity contribution is 7.92. The first-order chi connectivity index (χ1) is 10.4. The average Bonchev–Trinajstić information content (AvgIpc) is 2.46. The topological polar surface area (TPSA) is 79.0 Å². The molecule has 3 aromatic rings. The molecular formula is C15H11FN2O3S. The van der Waals surface area contributed by atoms with E-state index in [-0.39, 0.29) is 16.1 Å². The summed E-state index contributed by atoms with van der Waals surface area (Å²) in [6.07, 6.45) is 0. The summed E-state index contributed by atoms with van der Waals surface area (Å²) in [5.41, 5.74) is 0.416. The summed E-state index contributed by atoms with van der Waals surface area (Å²) in [5, 5.41) is 0.585. The quantitative estimate of drug-likeness (QED) is 0.778. The largest absolute Gasteiger partial charge is 0.322 e. The van der Waals surface area contributed by atoms with Gasteiger partial charge in [0.1, 0.15) is 5.82 Å². The van der Waals surface area contributed by atoms with Crippen LogP contribution in [0.2, 0.25) is 0 Å². The van der Waals surface area contributed by atoms with Crippen LogP contribution in [-0.4, -0.2) is 13.4 Å². The Labute approximate surface area is 125 Å². The molecule has 0 spiro atoms. The lowest BCUT2D eigenvalue weighted by molar-refractivity contribution is 0.601. The second-order valence-corrected chi connectivity index (χ2v) is 6.37. The number of fused-ring (bicyclic) bond motifs is 1. The average molecular weight is 318 g/mol. The van der Waals surface area contributed by atoms with Crippen molar-refractivity contribution in [1.29, 1.82) is 0 Å². The van der Waals surface area contributed by atoms with Crippen LogP contribution in [0.4, 0.5) is 10.1 Å². The van der Waals surface area contributed by atoms with Crippen LogP contribution in [0.3, 0.4) is 0 Å². The zero-order chi connectivity index (χ0) is 15.7. The SMILES string of the molecule is O=c1ccc2cc(S(=O)(=O)Nc3cccc(F)c3)ccc2[nH]1. The van der Waals surface area contributed by atoms with Crippen molar-refractivity contribution in [1.82, 2.24) is 4.98 Å². The number of pyridine rings is 1. The molecule has 0 fully saturated rings. The second-order valence-electron chi connectivity index (χ2n) is 4.69. The summed E-state index contributed by atoms with van der Waals surface area (Å²) in [6.45, 7) is 0. The van der Waals surface area contributed by atoms with Gasteiger partial charge in [-0.05, 0) is 47.9 Å². The van der Waals surface area contributed by atoms with Gasteiger partial charge in [-0.15, -0.1) is 0 Å². The summed E-state index contributed by atoms with van der Waals surface area (Å²) < 4.78 is 40.1. The van der Waals surface area contributed by atoms with E-state index in [1.165, 1.54) is 48.5 Å². The van der Waals surface area contributed by atoms with Crippen molar-refractivity contribution in [2.45, 2.75) is 4.90 Å². The standard InChI is InChI=1S/C15H11FN2O3S/c16-11-2-1-3-12(9-11)18-22(20,21)13-5-6-14-10(8-13)4-7-15(19)17-14/h1-9,18H,(H,17,19). The number of hydrogen-bond acceptors (Lipinski definition) is 3. The fourth-order valence-corrected chi connectivity index (χ4v) is 3.15. The van der Waals surface area contributed by atoms with Gasteiger partial charge in [0.25, 0.3) is 10.0 Å². The molecule has 2 N–H and O–H groups in total. The Morgan fingerprint density at radius 1 is 1.00 bits per heavy atom. The summed E-state index contributed by atoms with van der Waals surface area (Å²) in [4.78, 5) is 13.8. The molecule has 0 saturated heterocycles. The van der Waals surface area contributed by atoms with E-state index in [0.29, 0.717) is 10.9 Å². The molecule has 0 atom stereocenters. The fraction of sp³-hybridized carbons (Fsp3) is 0. The van der Waals surface area contributed by atoms with Crippen LogP contribution in [0.25, 0.3) is 10.9 Å². The molecule has 0 aliphatic rings. The van der Waals surface area contributed by atoms with Gasteiger partial charge in [-0.3, -0.25) is 9.52 Å². The van der Waals surface area contributed by atoms with Crippen LogP contribution in [0.5, 0.6) is 0 Å². The Balaban J connectivity index is 2.01. The lowest BCUT2D eigenvalue weighted by atomic mass is 10.2. The Hall–Kier alpha value is -2.67. The van der Waals surface area contributed by atoms with Crippen LogP contribution < -0.4 is 10.3 Å². The predicted octanol–water partition coefficient (Wildman–Crippen LogP) is 2.47. The molecule has 0 aliphatic heterocycles. The molecule has 1 aromatic heterocycles. The van der Waals surface area contributed by atoms with Gasteiger partial charge in [-0.1, -0.05) is 6.07 Å². The van der Waals surface area contributed by atoms with Crippen LogP contribution in [-0.2, 0) is 10.0 Å². The minimum atomic E-state index is -3.84. The third kappa shape index (κ3) is 2.84. The molecule has 1 heterocycles. The van der Waals surface area contributed by atoms with E-state index in [4.69, 9.17) is 0 Å². The molecule has 7 heteroatoms. The number of H-pyrrole nitrogens is 1. The number of sulfonamides is 1. The predicted molar refractivity (Wildman–Crippen MR) is 81.8 cm³/mol. The molecule has 2 aromatic carbocycles. The first kappa shape index (κ1) is 14.3. The maximum Gasteiger partial charge on any atom is 0.261 e. The van der Waals surface area contributed by atoms with E-state index in [1.807, 2.05) is 0 Å². The van der Waals surface area contributed by atoms with Gasteiger partial charge in [-0.2, -0.15) is 0 Å². The summed E-state index contributed by atoms with van der Waals surface area (Å²) in [6, 6.07) is 12.4. The van der Waals surface area contributed by atoms with E-state index < -0.39 is 15.8 Å². The monoisotopic (exact) mass is 318 g/mol. The Morgan fingerprint density at radius 3 is 2.59 bits per heavy atom. The molecular weight excluding hydrogens is 307 g/mol. The Morgan fingerprint density at radius 2 is 1.82 bits per heavy atom. The molecule has 0 bridgehead atoms. The van der Waals surface area contributed by atoms with E-state index in [9.17, 15) is 17.6 Å². The van der Waals surface area contributed by atoms with Gasteiger partial charge in [0, 0.05) is 11.6 Å². The van der Waals surface area contributed by atoms with Crippen molar-refractivity contribution in [2.75, 3.05) is 4.72 Å². The molecule has 0 aliphatic carbocycles. The molecule has 112 valence electrons. The number of halogens is 1. The molecule has 22 heavy (non-hydrogen) atoms. The van der Waals surface area contributed by atoms with Gasteiger partial charge in [0.15, 0.2) is 0 Å². The minimum absolute atomic E-state index is 0.0244. The number of rotatable bonds is 3. The minimum Gasteiger partial charge on any atom is -0.322 e. The van der Waals surface area contributed by atoms with E-state index in [1.54, 1.807) is 0 Å². The number of nitrogens with one attached hydrogen (secondary N) is 2. The molecule has 3 rings (SSSR count). The van der Waals surface area contributed by atoms with Gasteiger partial charge >= 0.3 is 0 Å². The summed E-state index contributed by atoms with van der Waals surface area (Å²) >= 11 is 0. The van der Waals surface area contributed by atoms with Crippen LogP contribution in [0.1, 0.15) is 0 Å². The van der Waals surface area contributed by atoms with E-state index in [2.05, 4.69) is 9.71 Å². The number of hydrogen-bond donors (Lipinski definition) is 2. The first-order valence-electron chi connectivity index (χ1n) is 6.35. The van der Waals surface area contributed by atoms with Gasteiger partial charge in [0.05, 0.1) is 10.6 Å². The summed E-state index contributed by atoms with van der Waals surface area (Å²) in [7, 11) is -3.84. The lowest BCUT2D eigenvalue weighted by Crippen LogP contribution is -2.13. The highest BCUT2D eigenvalue weighted by Gasteiger charge is 2.15. The normalized spacial score (nSPS) is 11.5. The zero-order valence-electron chi connectivity index (χ0n) is 11.2. The maximum atomic E-state index is 13.1. The Kier molecular flexibility index (Phi) is 3.42. The second kappa shape index (κ2) is 5.27. The van der Waals surface area contributed by atoms with Crippen LogP contribution in [0, 0.1) is 5.82 Å². The zero-order valence-corrected chi connectivity index (χ0v) is 12.0. The van der Waals surface area contributed by atoms with Gasteiger partial charge in [0.2, 0.25) is 5.56 Å². The third-order valence-electron chi connectivity index (χ3n) is 3.08. The first-order valence-corrected chi connectivity index (χ1v) is 7.84. The van der Waals surface area contributed by atoms with Crippen LogP contribution in [0.15, 0.2) is 64.3 Å². The highest BCUT2D eigenvalue weighted by Crippen LogP contribution is 2.20. The molecule has 0 saturated carbocycles. The van der Waals surface area contributed by atoms with Crippen LogP contribution >= 0.6 is 0 Å². The van der Waals surface area contributed by atoms with Crippen molar-refractivity contribution >= 4 is 26.6 Å². The number of aromatic nitrogens is 1. The molecule has 0 unspecified atom stereocenters. The molecule has 0 amide bonds. The smallest absolute Gasteiger partial charge is 0.261 e. The van der Waals surface area contributed by atoms with E-state index >= 15 is 0 Å². The number of aromatic amines is 1. The number of benzene rings is 2. The van der Waals surface area contributed by atoms with Crippen molar-refractivity contribution in [3.63, 3.8) is 0 Å². The maximum absolute atomic E-state index is 13.1. The van der Waals surface area contributed by atoms with Gasteiger partial charge < -0.3 is 4.98 Å². The Bertz CT molecular complexity index is 1010. The summed E-state index contributed by atoms with van der Waals surface area (Å²) in [5.74, 6) is -0.531. The van der Waals surface area contributed by atoms with Crippen molar-refractivity contribution in [3.05, 3.63) is 70.8 Å². The van der Waals surface area contributed by atoms with Gasteiger partial charge in [-0.25, -0.2) is 12.8 Å². The number of anilines is 1. The lowest BCUT2D eigenvalue weighted by Gasteiger charge is -2.09. The van der Waals surface area contributed by atoms with Crippen molar-refractivity contribution in [2.24, 2.45) is 0 Å². The van der Waals surface area contributed by atoms with E-state index in [0.717, 1.165) is 6.07 Å². The third-order valence-corrected chi connectivity index (χ3v) is 4.46. The molecule has 0 radical (unpaired) electrons. The fourth-order valence-electron chi connectivity index (χ4n) is 2.07.